The molecule has 0 saturated carbocycles. The highest BCUT2D eigenvalue weighted by Crippen LogP contribution is 2.20. The molecule has 2 heterocycles. The van der Waals surface area contributed by atoms with Crippen molar-refractivity contribution in [1.29, 1.82) is 0 Å². The van der Waals surface area contributed by atoms with Crippen LogP contribution in [0.1, 0.15) is 38.3 Å². The number of fused-ring (bicyclic) bond motifs is 1. The molecule has 0 unspecified atom stereocenters. The van der Waals surface area contributed by atoms with E-state index in [1.165, 1.54) is 6.33 Å². The van der Waals surface area contributed by atoms with E-state index in [9.17, 15) is 14.4 Å². The zero-order valence-electron chi connectivity index (χ0n) is 19.7. The van der Waals surface area contributed by atoms with Gasteiger partial charge in [-0.2, -0.15) is 5.10 Å². The minimum absolute atomic E-state index is 0.234. The number of nitrogens with zero attached hydrogens (tertiary/aromatic N) is 3. The van der Waals surface area contributed by atoms with Crippen LogP contribution in [-0.4, -0.2) is 26.0 Å². The van der Waals surface area contributed by atoms with Gasteiger partial charge in [-0.3, -0.25) is 18.8 Å². The van der Waals surface area contributed by atoms with Gasteiger partial charge in [0.2, 0.25) is 5.91 Å². The highest BCUT2D eigenvalue weighted by Gasteiger charge is 2.22. The topological polar surface area (TPSA) is 97.5 Å². The number of nitrogens with one attached hydrogen (secondary N) is 2. The van der Waals surface area contributed by atoms with Crippen LogP contribution in [0.4, 0.5) is 5.69 Å². The molecule has 0 aliphatic carbocycles. The van der Waals surface area contributed by atoms with Gasteiger partial charge in [0.15, 0.2) is 0 Å². The number of carbonyl (C=O) groups is 2. The molecule has 2 amide bonds. The monoisotopic (exact) mass is 457 g/mol. The molecule has 4 aromatic rings. The second kappa shape index (κ2) is 9.35. The van der Waals surface area contributed by atoms with Crippen LogP contribution >= 0.6 is 0 Å². The zero-order chi connectivity index (χ0) is 24.4. The van der Waals surface area contributed by atoms with E-state index in [-0.39, 0.29) is 18.4 Å². The van der Waals surface area contributed by atoms with Crippen LogP contribution in [0.2, 0.25) is 0 Å². The number of carbonyl (C=O) groups excluding carboxylic acids is 2. The number of aryl methyl sites for hydroxylation is 4. The van der Waals surface area contributed by atoms with Crippen LogP contribution in [0.3, 0.4) is 0 Å². The Morgan fingerprint density at radius 1 is 1.00 bits per heavy atom. The van der Waals surface area contributed by atoms with Gasteiger partial charge >= 0.3 is 0 Å². The van der Waals surface area contributed by atoms with Gasteiger partial charge in [0.05, 0.1) is 5.56 Å². The first-order valence-corrected chi connectivity index (χ1v) is 11.0. The molecule has 0 spiro atoms. The van der Waals surface area contributed by atoms with Crippen LogP contribution < -0.4 is 16.2 Å². The summed E-state index contributed by atoms with van der Waals surface area (Å²) >= 11 is 0. The van der Waals surface area contributed by atoms with Crippen molar-refractivity contribution in [2.45, 2.75) is 40.8 Å². The molecule has 0 fully saturated rings. The molecular weight excluding hydrogens is 430 g/mol. The van der Waals surface area contributed by atoms with E-state index in [0.717, 1.165) is 21.4 Å². The Kier molecular flexibility index (Phi) is 6.32. The maximum Gasteiger partial charge on any atom is 0.291 e. The van der Waals surface area contributed by atoms with Crippen molar-refractivity contribution in [3.8, 4) is 0 Å². The molecule has 2 aromatic heterocycles. The van der Waals surface area contributed by atoms with E-state index in [2.05, 4.69) is 15.7 Å². The Bertz CT molecular complexity index is 1450. The minimum atomic E-state index is -0.429. The summed E-state index contributed by atoms with van der Waals surface area (Å²) in [4.78, 5) is 38.8. The van der Waals surface area contributed by atoms with E-state index in [1.807, 2.05) is 62.4 Å². The van der Waals surface area contributed by atoms with E-state index in [0.29, 0.717) is 34.6 Å². The van der Waals surface area contributed by atoms with Gasteiger partial charge in [-0.15, -0.1) is 0 Å². The predicted molar refractivity (Wildman–Crippen MR) is 131 cm³/mol. The fraction of sp³-hybridized carbons (Fsp3) is 0.231. The Labute approximate surface area is 197 Å². The SMILES string of the molecule is Cc1ccc(C)c(NC(=O)Cn2ncn3c(C)c(C(=O)NCc4ccccc4)c(C)c3c2=O)c1. The smallest absolute Gasteiger partial charge is 0.291 e. The molecule has 34 heavy (non-hydrogen) atoms. The Morgan fingerprint density at radius 3 is 2.47 bits per heavy atom. The van der Waals surface area contributed by atoms with Gasteiger partial charge < -0.3 is 10.6 Å². The lowest BCUT2D eigenvalue weighted by Gasteiger charge is -2.10. The molecule has 174 valence electrons. The summed E-state index contributed by atoms with van der Waals surface area (Å²) in [6.45, 7) is 7.51. The van der Waals surface area contributed by atoms with Crippen LogP contribution in [-0.2, 0) is 17.9 Å². The third-order valence-electron chi connectivity index (χ3n) is 5.92. The van der Waals surface area contributed by atoms with Crippen molar-refractivity contribution >= 4 is 23.0 Å². The lowest BCUT2D eigenvalue weighted by molar-refractivity contribution is -0.117. The third kappa shape index (κ3) is 4.47. The van der Waals surface area contributed by atoms with Crippen molar-refractivity contribution in [3.05, 3.63) is 98.7 Å². The normalized spacial score (nSPS) is 10.9. The van der Waals surface area contributed by atoms with E-state index in [4.69, 9.17) is 0 Å². The lowest BCUT2D eigenvalue weighted by atomic mass is 10.1. The van der Waals surface area contributed by atoms with Crippen LogP contribution in [0, 0.1) is 27.7 Å². The molecule has 2 N–H and O–H groups in total. The number of hydrogen-bond acceptors (Lipinski definition) is 4. The second-order valence-corrected chi connectivity index (χ2v) is 8.43. The summed E-state index contributed by atoms with van der Waals surface area (Å²) in [7, 11) is 0. The average Bonchev–Trinajstić information content (AvgIpc) is 3.07. The zero-order valence-corrected chi connectivity index (χ0v) is 19.7. The second-order valence-electron chi connectivity index (χ2n) is 8.43. The number of rotatable bonds is 6. The number of amides is 2. The number of benzene rings is 2. The van der Waals surface area contributed by atoms with Crippen molar-refractivity contribution in [2.24, 2.45) is 0 Å². The van der Waals surface area contributed by atoms with Gasteiger partial charge in [-0.25, -0.2) is 4.68 Å². The number of hydrogen-bond donors (Lipinski definition) is 2. The summed E-state index contributed by atoms with van der Waals surface area (Å²) in [6.07, 6.45) is 1.47. The van der Waals surface area contributed by atoms with Gasteiger partial charge in [-0.1, -0.05) is 42.5 Å². The fourth-order valence-corrected chi connectivity index (χ4v) is 4.07. The van der Waals surface area contributed by atoms with Crippen LogP contribution in [0.15, 0.2) is 59.7 Å². The van der Waals surface area contributed by atoms with Crippen molar-refractivity contribution in [3.63, 3.8) is 0 Å². The van der Waals surface area contributed by atoms with Crippen LogP contribution in [0.5, 0.6) is 0 Å². The molecule has 2 aromatic carbocycles. The van der Waals surface area contributed by atoms with E-state index >= 15 is 0 Å². The molecule has 4 rings (SSSR count). The third-order valence-corrected chi connectivity index (χ3v) is 5.92. The summed E-state index contributed by atoms with van der Waals surface area (Å²) in [5.41, 5.74) is 5.15. The number of aromatic nitrogens is 3. The molecule has 0 aliphatic rings. The van der Waals surface area contributed by atoms with Gasteiger partial charge in [0.1, 0.15) is 18.4 Å². The van der Waals surface area contributed by atoms with Crippen molar-refractivity contribution in [1.82, 2.24) is 19.5 Å². The van der Waals surface area contributed by atoms with Gasteiger partial charge in [0.25, 0.3) is 11.5 Å². The van der Waals surface area contributed by atoms with Gasteiger partial charge in [-0.05, 0) is 56.0 Å². The highest BCUT2D eigenvalue weighted by atomic mass is 16.2. The Hall–Kier alpha value is -4.20. The predicted octanol–water partition coefficient (Wildman–Crippen LogP) is 3.30. The first kappa shape index (κ1) is 23.0. The molecule has 0 bridgehead atoms. The maximum absolute atomic E-state index is 13.2. The summed E-state index contributed by atoms with van der Waals surface area (Å²) in [5, 5.41) is 9.93. The Morgan fingerprint density at radius 2 is 1.74 bits per heavy atom. The molecule has 0 saturated heterocycles. The summed E-state index contributed by atoms with van der Waals surface area (Å²) in [5.74, 6) is -0.615. The van der Waals surface area contributed by atoms with Gasteiger partial charge in [0, 0.05) is 17.9 Å². The maximum atomic E-state index is 13.2. The average molecular weight is 458 g/mol. The largest absolute Gasteiger partial charge is 0.348 e. The summed E-state index contributed by atoms with van der Waals surface area (Å²) in [6, 6.07) is 15.4. The minimum Gasteiger partial charge on any atom is -0.348 e. The first-order chi connectivity index (χ1) is 16.3. The van der Waals surface area contributed by atoms with Crippen molar-refractivity contribution in [2.75, 3.05) is 5.32 Å². The molecule has 0 radical (unpaired) electrons. The molecule has 8 nitrogen and oxygen atoms in total. The quantitative estimate of drug-likeness (QED) is 0.464. The van der Waals surface area contributed by atoms with Crippen LogP contribution in [0.25, 0.3) is 5.52 Å². The standard InChI is InChI=1S/C26H27N5O3/c1-16-10-11-17(2)21(12-16)29-22(32)14-31-26(34)24-18(3)23(19(4)30(24)15-28-31)25(33)27-13-20-8-6-5-7-9-20/h5-12,15H,13-14H2,1-4H3,(H,27,33)(H,29,32). The number of anilines is 1. The lowest BCUT2D eigenvalue weighted by Crippen LogP contribution is -2.31. The van der Waals surface area contributed by atoms with Crippen molar-refractivity contribution < 1.29 is 9.59 Å². The molecule has 0 atom stereocenters. The van der Waals surface area contributed by atoms with E-state index < -0.39 is 5.56 Å². The Balaban J connectivity index is 1.59. The first-order valence-electron chi connectivity index (χ1n) is 11.0. The molecule has 0 aliphatic heterocycles. The molecular formula is C26H27N5O3. The molecule has 8 heteroatoms. The highest BCUT2D eigenvalue weighted by molar-refractivity contribution is 5.99. The summed E-state index contributed by atoms with van der Waals surface area (Å²) < 4.78 is 2.72. The van der Waals surface area contributed by atoms with E-state index in [1.54, 1.807) is 18.2 Å². The fourth-order valence-electron chi connectivity index (χ4n) is 4.07.